The molecule has 1 aliphatic heterocycles. The highest BCUT2D eigenvalue weighted by Crippen LogP contribution is 2.28. The van der Waals surface area contributed by atoms with E-state index in [1.165, 1.54) is 22.1 Å². The standard InChI is InChI=1S/C21H19N3/c22-16-17-8-10-19(11-9-17)23-12-14-24(15-13-23)21-7-3-5-18-4-1-2-6-20(18)21/h1-11H,12-15H2. The zero-order valence-corrected chi connectivity index (χ0v) is 13.5. The van der Waals surface area contributed by atoms with Gasteiger partial charge in [-0.05, 0) is 35.7 Å². The Labute approximate surface area is 142 Å². The highest BCUT2D eigenvalue weighted by atomic mass is 15.3. The minimum absolute atomic E-state index is 0.716. The van der Waals surface area contributed by atoms with E-state index < -0.39 is 0 Å². The van der Waals surface area contributed by atoms with E-state index in [0.717, 1.165) is 26.2 Å². The molecule has 0 spiro atoms. The van der Waals surface area contributed by atoms with E-state index in [-0.39, 0.29) is 0 Å². The van der Waals surface area contributed by atoms with Gasteiger partial charge in [0.2, 0.25) is 0 Å². The van der Waals surface area contributed by atoms with Crippen LogP contribution >= 0.6 is 0 Å². The summed E-state index contributed by atoms with van der Waals surface area (Å²) in [6.45, 7) is 4.01. The van der Waals surface area contributed by atoms with Crippen molar-refractivity contribution in [3.8, 4) is 6.07 Å². The van der Waals surface area contributed by atoms with E-state index in [9.17, 15) is 0 Å². The summed E-state index contributed by atoms with van der Waals surface area (Å²) in [6.07, 6.45) is 0. The number of anilines is 2. The normalized spacial score (nSPS) is 14.6. The van der Waals surface area contributed by atoms with E-state index in [1.54, 1.807) is 0 Å². The van der Waals surface area contributed by atoms with Crippen molar-refractivity contribution in [1.29, 1.82) is 5.26 Å². The number of rotatable bonds is 2. The van der Waals surface area contributed by atoms with Crippen molar-refractivity contribution in [2.45, 2.75) is 0 Å². The molecule has 0 aliphatic carbocycles. The molecule has 1 fully saturated rings. The Morgan fingerprint density at radius 2 is 1.38 bits per heavy atom. The minimum Gasteiger partial charge on any atom is -0.368 e. The zero-order valence-electron chi connectivity index (χ0n) is 13.5. The molecule has 0 unspecified atom stereocenters. The van der Waals surface area contributed by atoms with Gasteiger partial charge in [0.25, 0.3) is 0 Å². The molecule has 0 aromatic heterocycles. The predicted octanol–water partition coefficient (Wildman–Crippen LogP) is 4.04. The van der Waals surface area contributed by atoms with Gasteiger partial charge < -0.3 is 9.80 Å². The number of hydrogen-bond donors (Lipinski definition) is 0. The van der Waals surface area contributed by atoms with Gasteiger partial charge in [-0.15, -0.1) is 0 Å². The highest BCUT2D eigenvalue weighted by molar-refractivity contribution is 5.94. The topological polar surface area (TPSA) is 30.3 Å². The van der Waals surface area contributed by atoms with Gasteiger partial charge in [-0.2, -0.15) is 5.26 Å². The fourth-order valence-corrected chi connectivity index (χ4v) is 3.44. The van der Waals surface area contributed by atoms with E-state index >= 15 is 0 Å². The number of hydrogen-bond acceptors (Lipinski definition) is 3. The molecule has 1 heterocycles. The molecule has 0 N–H and O–H groups in total. The van der Waals surface area contributed by atoms with Crippen LogP contribution in [0.3, 0.4) is 0 Å². The average molecular weight is 313 g/mol. The molecule has 0 radical (unpaired) electrons. The van der Waals surface area contributed by atoms with Crippen molar-refractivity contribution in [3.63, 3.8) is 0 Å². The lowest BCUT2D eigenvalue weighted by Gasteiger charge is -2.37. The van der Waals surface area contributed by atoms with Gasteiger partial charge in [-0.1, -0.05) is 36.4 Å². The predicted molar refractivity (Wildman–Crippen MR) is 99.5 cm³/mol. The van der Waals surface area contributed by atoms with E-state index in [1.807, 2.05) is 24.3 Å². The molecule has 0 bridgehead atoms. The third-order valence-corrected chi connectivity index (χ3v) is 4.75. The van der Waals surface area contributed by atoms with Crippen molar-refractivity contribution in [1.82, 2.24) is 0 Å². The van der Waals surface area contributed by atoms with Crippen LogP contribution in [0, 0.1) is 11.3 Å². The molecule has 1 saturated heterocycles. The van der Waals surface area contributed by atoms with Crippen LogP contribution in [0.5, 0.6) is 0 Å². The number of nitriles is 1. The number of fused-ring (bicyclic) bond motifs is 1. The molecule has 3 aromatic rings. The first-order chi connectivity index (χ1) is 11.8. The molecule has 0 atom stereocenters. The molecule has 4 rings (SSSR count). The van der Waals surface area contributed by atoms with E-state index in [2.05, 4.69) is 58.3 Å². The molecule has 118 valence electrons. The van der Waals surface area contributed by atoms with Crippen LogP contribution in [0.2, 0.25) is 0 Å². The van der Waals surface area contributed by atoms with Crippen LogP contribution in [0.1, 0.15) is 5.56 Å². The highest BCUT2D eigenvalue weighted by Gasteiger charge is 2.18. The van der Waals surface area contributed by atoms with E-state index in [4.69, 9.17) is 5.26 Å². The van der Waals surface area contributed by atoms with Gasteiger partial charge in [0.1, 0.15) is 0 Å². The number of nitrogens with zero attached hydrogens (tertiary/aromatic N) is 3. The largest absolute Gasteiger partial charge is 0.368 e. The molecule has 1 aliphatic rings. The lowest BCUT2D eigenvalue weighted by Crippen LogP contribution is -2.46. The average Bonchev–Trinajstić information content (AvgIpc) is 2.68. The third-order valence-electron chi connectivity index (χ3n) is 4.75. The maximum absolute atomic E-state index is 8.92. The number of benzene rings is 3. The summed E-state index contributed by atoms with van der Waals surface area (Å²) < 4.78 is 0. The first kappa shape index (κ1) is 14.6. The minimum atomic E-state index is 0.716. The molecular weight excluding hydrogens is 294 g/mol. The Morgan fingerprint density at radius 3 is 2.12 bits per heavy atom. The Morgan fingerprint density at radius 1 is 0.708 bits per heavy atom. The van der Waals surface area contributed by atoms with Crippen molar-refractivity contribution < 1.29 is 0 Å². The molecular formula is C21H19N3. The summed E-state index contributed by atoms with van der Waals surface area (Å²) in [5.41, 5.74) is 3.24. The fourth-order valence-electron chi connectivity index (χ4n) is 3.44. The van der Waals surface area contributed by atoms with Crippen molar-refractivity contribution in [2.24, 2.45) is 0 Å². The molecule has 3 heteroatoms. The molecule has 3 nitrogen and oxygen atoms in total. The van der Waals surface area contributed by atoms with Crippen LogP contribution < -0.4 is 9.80 Å². The molecule has 24 heavy (non-hydrogen) atoms. The van der Waals surface area contributed by atoms with Crippen LogP contribution in [0.15, 0.2) is 66.7 Å². The van der Waals surface area contributed by atoms with E-state index in [0.29, 0.717) is 5.56 Å². The Bertz CT molecular complexity index is 880. The summed E-state index contributed by atoms with van der Waals surface area (Å²) in [4.78, 5) is 4.87. The SMILES string of the molecule is N#Cc1ccc(N2CCN(c3cccc4ccccc34)CC2)cc1. The Kier molecular flexibility index (Phi) is 3.80. The lowest BCUT2D eigenvalue weighted by atomic mass is 10.1. The monoisotopic (exact) mass is 313 g/mol. The smallest absolute Gasteiger partial charge is 0.0991 e. The summed E-state index contributed by atoms with van der Waals surface area (Å²) in [6, 6.07) is 25.2. The van der Waals surface area contributed by atoms with Crippen LogP contribution in [-0.4, -0.2) is 26.2 Å². The van der Waals surface area contributed by atoms with Crippen molar-refractivity contribution in [3.05, 3.63) is 72.3 Å². The van der Waals surface area contributed by atoms with Crippen LogP contribution in [0.25, 0.3) is 10.8 Å². The van der Waals surface area contributed by atoms with Crippen LogP contribution in [-0.2, 0) is 0 Å². The van der Waals surface area contributed by atoms with Gasteiger partial charge in [0, 0.05) is 42.9 Å². The van der Waals surface area contributed by atoms with Gasteiger partial charge in [-0.3, -0.25) is 0 Å². The maximum atomic E-state index is 8.92. The van der Waals surface area contributed by atoms with Crippen LogP contribution in [0.4, 0.5) is 11.4 Å². The second-order valence-corrected chi connectivity index (χ2v) is 6.13. The summed E-state index contributed by atoms with van der Waals surface area (Å²) in [5, 5.41) is 11.5. The first-order valence-corrected chi connectivity index (χ1v) is 8.33. The molecule has 0 saturated carbocycles. The second kappa shape index (κ2) is 6.25. The lowest BCUT2D eigenvalue weighted by molar-refractivity contribution is 0.655. The summed E-state index contributed by atoms with van der Waals surface area (Å²) in [7, 11) is 0. The van der Waals surface area contributed by atoms with Crippen molar-refractivity contribution in [2.75, 3.05) is 36.0 Å². The quantitative estimate of drug-likeness (QED) is 0.715. The van der Waals surface area contributed by atoms with Gasteiger partial charge in [0.05, 0.1) is 11.6 Å². The van der Waals surface area contributed by atoms with Gasteiger partial charge in [-0.25, -0.2) is 0 Å². The summed E-state index contributed by atoms with van der Waals surface area (Å²) >= 11 is 0. The van der Waals surface area contributed by atoms with Gasteiger partial charge >= 0.3 is 0 Å². The maximum Gasteiger partial charge on any atom is 0.0991 e. The van der Waals surface area contributed by atoms with Gasteiger partial charge in [0.15, 0.2) is 0 Å². The zero-order chi connectivity index (χ0) is 16.4. The fraction of sp³-hybridized carbons (Fsp3) is 0.190. The summed E-state index contributed by atoms with van der Waals surface area (Å²) in [5.74, 6) is 0. The molecule has 0 amide bonds. The first-order valence-electron chi connectivity index (χ1n) is 8.33. The Hall–Kier alpha value is -2.99. The number of piperazine rings is 1. The third kappa shape index (κ3) is 2.68. The Balaban J connectivity index is 1.52. The van der Waals surface area contributed by atoms with Crippen molar-refractivity contribution >= 4 is 22.1 Å². The molecule has 3 aromatic carbocycles. The second-order valence-electron chi connectivity index (χ2n) is 6.13.